The Labute approximate surface area is 164 Å². The summed E-state index contributed by atoms with van der Waals surface area (Å²) in [7, 11) is 0. The van der Waals surface area contributed by atoms with E-state index in [4.69, 9.17) is 11.6 Å². The number of carbonyl (C=O) groups excluding carboxylic acids is 1. The normalized spacial score (nSPS) is 11.9. The van der Waals surface area contributed by atoms with Gasteiger partial charge in [-0.15, -0.1) is 15.0 Å². The van der Waals surface area contributed by atoms with Gasteiger partial charge in [0.15, 0.2) is 0 Å². The molecule has 0 saturated carbocycles. The van der Waals surface area contributed by atoms with E-state index in [2.05, 4.69) is 10.2 Å². The number of hydrogen-bond acceptors (Lipinski definition) is 4. The minimum absolute atomic E-state index is 0.152. The van der Waals surface area contributed by atoms with E-state index < -0.39 is 0 Å². The highest BCUT2D eigenvalue weighted by atomic mass is 35.5. The van der Waals surface area contributed by atoms with Crippen LogP contribution in [0.1, 0.15) is 51.7 Å². The first-order chi connectivity index (χ1) is 12.7. The molecule has 0 fully saturated rings. The largest absolute Gasteiger partial charge is 0.505 e. The summed E-state index contributed by atoms with van der Waals surface area (Å²) in [6.07, 6.45) is 1.63. The highest BCUT2D eigenvalue weighted by Crippen LogP contribution is 2.36. The third-order valence-electron chi connectivity index (χ3n) is 4.60. The van der Waals surface area contributed by atoms with Crippen molar-refractivity contribution in [2.45, 2.75) is 52.4 Å². The summed E-state index contributed by atoms with van der Waals surface area (Å²) in [4.78, 5) is 13.2. The minimum atomic E-state index is -0.264. The van der Waals surface area contributed by atoms with E-state index in [-0.39, 0.29) is 16.9 Å². The summed E-state index contributed by atoms with van der Waals surface area (Å²) in [6, 6.07) is 9.13. The molecule has 0 atom stereocenters. The fraction of sp³-hybridized carbons (Fsp3) is 0.381. The topological polar surface area (TPSA) is 68.0 Å². The highest BCUT2D eigenvalue weighted by Gasteiger charge is 2.23. The number of carbonyl (C=O) groups is 1. The molecule has 0 saturated heterocycles. The van der Waals surface area contributed by atoms with Crippen molar-refractivity contribution < 1.29 is 9.90 Å². The Bertz CT molecular complexity index is 1000. The Hall–Kier alpha value is -2.40. The Morgan fingerprint density at radius 1 is 1.15 bits per heavy atom. The number of rotatable bonds is 5. The summed E-state index contributed by atoms with van der Waals surface area (Å²) in [5.74, 6) is 0.374. The molecule has 142 valence electrons. The molecule has 0 radical (unpaired) electrons. The van der Waals surface area contributed by atoms with Crippen LogP contribution >= 0.6 is 11.6 Å². The summed E-state index contributed by atoms with van der Waals surface area (Å²) < 4.78 is 0. The number of phenolic OH excluding ortho intramolecular Hbond substituents is 1. The number of phenols is 1. The molecule has 27 heavy (non-hydrogen) atoms. The second-order valence-electron chi connectivity index (χ2n) is 7.78. The second kappa shape index (κ2) is 7.31. The lowest BCUT2D eigenvalue weighted by molar-refractivity contribution is -0.118. The van der Waals surface area contributed by atoms with Gasteiger partial charge in [-0.05, 0) is 41.7 Å². The Kier molecular flexibility index (Phi) is 5.24. The van der Waals surface area contributed by atoms with Crippen LogP contribution in [0.2, 0.25) is 5.02 Å². The van der Waals surface area contributed by atoms with Crippen molar-refractivity contribution in [2.24, 2.45) is 0 Å². The first kappa shape index (κ1) is 19.4. The number of aryl methyl sites for hydroxylation is 1. The van der Waals surface area contributed by atoms with E-state index in [1.165, 1.54) is 4.80 Å². The molecule has 0 unspecified atom stereocenters. The predicted molar refractivity (Wildman–Crippen MR) is 108 cm³/mol. The molecule has 0 aliphatic carbocycles. The molecular formula is C21H24ClN3O2. The summed E-state index contributed by atoms with van der Waals surface area (Å²) >= 11 is 6.04. The molecule has 3 aromatic rings. The quantitative estimate of drug-likeness (QED) is 0.671. The van der Waals surface area contributed by atoms with Crippen LogP contribution in [0.25, 0.3) is 16.7 Å². The standard InChI is InChI=1S/C21H24ClN3O2/c1-5-15(26)8-6-13-10-16(21(2,3)4)20(27)19(11-13)25-23-17-9-7-14(22)12-18(17)24-25/h7,9-12,27H,5-6,8H2,1-4H3. The average Bonchev–Trinajstić information content (AvgIpc) is 3.02. The van der Waals surface area contributed by atoms with Crippen LogP contribution in [0.15, 0.2) is 30.3 Å². The molecule has 1 heterocycles. The van der Waals surface area contributed by atoms with Crippen LogP contribution in [0, 0.1) is 0 Å². The average molecular weight is 386 g/mol. The van der Waals surface area contributed by atoms with Crippen LogP contribution in [0.3, 0.4) is 0 Å². The van der Waals surface area contributed by atoms with Gasteiger partial charge >= 0.3 is 0 Å². The lowest BCUT2D eigenvalue weighted by Gasteiger charge is -2.23. The molecular weight excluding hydrogens is 362 g/mol. The Morgan fingerprint density at radius 2 is 1.85 bits per heavy atom. The summed E-state index contributed by atoms with van der Waals surface area (Å²) in [5, 5.41) is 20.5. The van der Waals surface area contributed by atoms with Crippen LogP contribution in [0.4, 0.5) is 0 Å². The van der Waals surface area contributed by atoms with Gasteiger partial charge < -0.3 is 5.11 Å². The van der Waals surface area contributed by atoms with Gasteiger partial charge in [0.05, 0.1) is 0 Å². The van der Waals surface area contributed by atoms with Gasteiger partial charge in [0.1, 0.15) is 28.3 Å². The van der Waals surface area contributed by atoms with Gasteiger partial charge in [-0.3, -0.25) is 4.79 Å². The van der Waals surface area contributed by atoms with E-state index in [1.54, 1.807) is 18.2 Å². The summed E-state index contributed by atoms with van der Waals surface area (Å²) in [6.45, 7) is 7.99. The number of benzene rings is 2. The van der Waals surface area contributed by atoms with Crippen molar-refractivity contribution in [3.05, 3.63) is 46.5 Å². The number of hydrogen-bond donors (Lipinski definition) is 1. The van der Waals surface area contributed by atoms with E-state index in [9.17, 15) is 9.90 Å². The molecule has 2 aromatic carbocycles. The number of nitrogens with zero attached hydrogens (tertiary/aromatic N) is 3. The third kappa shape index (κ3) is 4.14. The molecule has 0 amide bonds. The van der Waals surface area contributed by atoms with Crippen LogP contribution in [0.5, 0.6) is 5.75 Å². The van der Waals surface area contributed by atoms with E-state index >= 15 is 0 Å². The van der Waals surface area contributed by atoms with E-state index in [0.717, 1.165) is 11.1 Å². The number of aromatic hydroxyl groups is 1. The lowest BCUT2D eigenvalue weighted by Crippen LogP contribution is -2.14. The maximum atomic E-state index is 11.7. The second-order valence-corrected chi connectivity index (χ2v) is 8.21. The zero-order valence-electron chi connectivity index (χ0n) is 16.1. The number of Topliss-reactive ketones (excluding diaryl/α,β-unsaturated/α-hetero) is 1. The maximum absolute atomic E-state index is 11.7. The molecule has 1 N–H and O–H groups in total. The zero-order chi connectivity index (χ0) is 19.8. The molecule has 6 heteroatoms. The monoisotopic (exact) mass is 385 g/mol. The van der Waals surface area contributed by atoms with Crippen molar-refractivity contribution in [3.63, 3.8) is 0 Å². The minimum Gasteiger partial charge on any atom is -0.505 e. The molecule has 0 aliphatic heterocycles. The molecule has 5 nitrogen and oxygen atoms in total. The van der Waals surface area contributed by atoms with Gasteiger partial charge in [0, 0.05) is 23.4 Å². The van der Waals surface area contributed by atoms with Gasteiger partial charge in [-0.25, -0.2) is 0 Å². The summed E-state index contributed by atoms with van der Waals surface area (Å²) in [5.41, 5.74) is 3.38. The first-order valence-corrected chi connectivity index (χ1v) is 9.48. The fourth-order valence-corrected chi connectivity index (χ4v) is 3.17. The number of fused-ring (bicyclic) bond motifs is 1. The first-order valence-electron chi connectivity index (χ1n) is 9.10. The lowest BCUT2D eigenvalue weighted by atomic mass is 9.84. The van der Waals surface area contributed by atoms with Gasteiger partial charge in [-0.2, -0.15) is 0 Å². The van der Waals surface area contributed by atoms with E-state index in [1.807, 2.05) is 39.8 Å². The Balaban J connectivity index is 2.12. The van der Waals surface area contributed by atoms with Gasteiger partial charge in [0.2, 0.25) is 0 Å². The number of aromatic nitrogens is 3. The SMILES string of the molecule is CCC(=O)CCc1cc(-n2nc3ccc(Cl)cc3n2)c(O)c(C(C)(C)C)c1. The van der Waals surface area contributed by atoms with Crippen LogP contribution in [-0.2, 0) is 16.6 Å². The van der Waals surface area contributed by atoms with Crippen molar-refractivity contribution in [1.29, 1.82) is 0 Å². The fourth-order valence-electron chi connectivity index (χ4n) is 3.00. The molecule has 3 rings (SSSR count). The third-order valence-corrected chi connectivity index (χ3v) is 4.84. The van der Waals surface area contributed by atoms with Crippen molar-refractivity contribution in [2.75, 3.05) is 0 Å². The molecule has 1 aromatic heterocycles. The van der Waals surface area contributed by atoms with Crippen molar-refractivity contribution in [3.8, 4) is 11.4 Å². The van der Waals surface area contributed by atoms with Crippen molar-refractivity contribution >= 4 is 28.4 Å². The smallest absolute Gasteiger partial charge is 0.146 e. The maximum Gasteiger partial charge on any atom is 0.146 e. The highest BCUT2D eigenvalue weighted by molar-refractivity contribution is 6.31. The predicted octanol–water partition coefficient (Wildman–Crippen LogP) is 4.99. The van der Waals surface area contributed by atoms with Gasteiger partial charge in [-0.1, -0.05) is 45.4 Å². The molecule has 0 bridgehead atoms. The molecule has 0 spiro atoms. The number of ketones is 1. The van der Waals surface area contributed by atoms with Crippen LogP contribution < -0.4 is 0 Å². The van der Waals surface area contributed by atoms with Crippen molar-refractivity contribution in [1.82, 2.24) is 15.0 Å². The molecule has 0 aliphatic rings. The van der Waals surface area contributed by atoms with Crippen LogP contribution in [-0.4, -0.2) is 25.9 Å². The zero-order valence-corrected chi connectivity index (χ0v) is 16.8. The Morgan fingerprint density at radius 3 is 2.52 bits per heavy atom. The van der Waals surface area contributed by atoms with Gasteiger partial charge in [0.25, 0.3) is 0 Å². The van der Waals surface area contributed by atoms with E-state index in [0.29, 0.717) is 41.0 Å². The number of halogens is 1.